The number of aliphatic imine (C=N–C) groups is 1. The maximum atomic E-state index is 13.2. The number of ether oxygens (including phenoxy) is 1. The van der Waals surface area contributed by atoms with Crippen LogP contribution in [0.3, 0.4) is 0 Å². The highest BCUT2D eigenvalue weighted by molar-refractivity contribution is 14.0. The van der Waals surface area contributed by atoms with Crippen molar-refractivity contribution >= 4 is 29.9 Å². The Bertz CT molecular complexity index is 516. The van der Waals surface area contributed by atoms with Gasteiger partial charge in [-0.05, 0) is 37.5 Å². The highest BCUT2D eigenvalue weighted by Gasteiger charge is 2.33. The van der Waals surface area contributed by atoms with Crippen molar-refractivity contribution < 1.29 is 9.13 Å². The third kappa shape index (κ3) is 5.88. The zero-order valence-corrected chi connectivity index (χ0v) is 16.9. The molecule has 24 heavy (non-hydrogen) atoms. The summed E-state index contributed by atoms with van der Waals surface area (Å²) < 4.78 is 18.3. The van der Waals surface area contributed by atoms with Crippen LogP contribution in [-0.4, -0.2) is 32.3 Å². The van der Waals surface area contributed by atoms with Crippen LogP contribution in [0.5, 0.6) is 0 Å². The van der Waals surface area contributed by atoms with Gasteiger partial charge < -0.3 is 15.8 Å². The third-order valence-electron chi connectivity index (χ3n) is 4.63. The Kier molecular flexibility index (Phi) is 8.97. The molecule has 4 nitrogen and oxygen atoms in total. The van der Waals surface area contributed by atoms with Crippen LogP contribution in [0.25, 0.3) is 0 Å². The van der Waals surface area contributed by atoms with Gasteiger partial charge in [0.2, 0.25) is 0 Å². The van der Waals surface area contributed by atoms with Gasteiger partial charge in [-0.1, -0.05) is 31.4 Å². The SMILES string of the molecule is COCC(C)NC(N)=NCC1(c2ccc(F)cc2)CCCCC1.I. The maximum Gasteiger partial charge on any atom is 0.188 e. The van der Waals surface area contributed by atoms with E-state index in [0.29, 0.717) is 19.1 Å². The molecule has 1 saturated carbocycles. The Morgan fingerprint density at radius 2 is 1.92 bits per heavy atom. The second-order valence-corrected chi connectivity index (χ2v) is 6.55. The first-order chi connectivity index (χ1) is 11.1. The highest BCUT2D eigenvalue weighted by atomic mass is 127. The molecule has 0 radical (unpaired) electrons. The Morgan fingerprint density at radius 3 is 2.50 bits per heavy atom. The number of nitrogens with one attached hydrogen (secondary N) is 1. The van der Waals surface area contributed by atoms with Crippen LogP contribution in [0.1, 0.15) is 44.6 Å². The number of hydrogen-bond acceptors (Lipinski definition) is 2. The fraction of sp³-hybridized carbons (Fsp3) is 0.611. The maximum absolute atomic E-state index is 13.2. The average molecular weight is 449 g/mol. The summed E-state index contributed by atoms with van der Waals surface area (Å²) in [5.74, 6) is 0.249. The van der Waals surface area contributed by atoms with E-state index in [1.54, 1.807) is 7.11 Å². The lowest BCUT2D eigenvalue weighted by Crippen LogP contribution is -2.42. The lowest BCUT2D eigenvalue weighted by molar-refractivity contribution is 0.179. The Hall–Kier alpha value is -0.890. The summed E-state index contributed by atoms with van der Waals surface area (Å²) >= 11 is 0. The van der Waals surface area contributed by atoms with Crippen LogP contribution >= 0.6 is 24.0 Å². The van der Waals surface area contributed by atoms with Gasteiger partial charge in [0.05, 0.1) is 13.2 Å². The minimum absolute atomic E-state index is 0. The Balaban J connectivity index is 0.00000288. The van der Waals surface area contributed by atoms with Gasteiger partial charge in [-0.25, -0.2) is 4.39 Å². The van der Waals surface area contributed by atoms with Crippen LogP contribution in [0.2, 0.25) is 0 Å². The third-order valence-corrected chi connectivity index (χ3v) is 4.63. The first-order valence-electron chi connectivity index (χ1n) is 8.37. The lowest BCUT2D eigenvalue weighted by Gasteiger charge is -2.36. The number of nitrogens with zero attached hydrogens (tertiary/aromatic N) is 1. The number of guanidine groups is 1. The highest BCUT2D eigenvalue weighted by Crippen LogP contribution is 2.39. The quantitative estimate of drug-likeness (QED) is 0.397. The molecule has 1 aliphatic carbocycles. The summed E-state index contributed by atoms with van der Waals surface area (Å²) in [4.78, 5) is 4.58. The van der Waals surface area contributed by atoms with Crippen LogP contribution in [0.4, 0.5) is 4.39 Å². The van der Waals surface area contributed by atoms with Gasteiger partial charge in [0.1, 0.15) is 5.82 Å². The summed E-state index contributed by atoms with van der Waals surface area (Å²) in [6.07, 6.45) is 5.76. The van der Waals surface area contributed by atoms with E-state index in [2.05, 4.69) is 10.3 Å². The van der Waals surface area contributed by atoms with Gasteiger partial charge in [-0.3, -0.25) is 4.99 Å². The van der Waals surface area contributed by atoms with E-state index in [0.717, 1.165) is 12.8 Å². The molecule has 1 fully saturated rings. The molecule has 1 aromatic carbocycles. The molecule has 6 heteroatoms. The molecule has 3 N–H and O–H groups in total. The molecule has 0 spiro atoms. The van der Waals surface area contributed by atoms with Crippen LogP contribution < -0.4 is 11.1 Å². The lowest BCUT2D eigenvalue weighted by atomic mass is 9.69. The van der Waals surface area contributed by atoms with Crippen molar-refractivity contribution in [3.05, 3.63) is 35.6 Å². The van der Waals surface area contributed by atoms with Crippen molar-refractivity contribution in [1.82, 2.24) is 5.32 Å². The molecule has 0 aromatic heterocycles. The smallest absolute Gasteiger partial charge is 0.188 e. The summed E-state index contributed by atoms with van der Waals surface area (Å²) in [5, 5.41) is 3.14. The molecule has 2 rings (SSSR count). The molecule has 0 amide bonds. The van der Waals surface area contributed by atoms with Crippen molar-refractivity contribution in [1.29, 1.82) is 0 Å². The van der Waals surface area contributed by atoms with Crippen molar-refractivity contribution in [3.63, 3.8) is 0 Å². The summed E-state index contributed by atoms with van der Waals surface area (Å²) in [6, 6.07) is 6.99. The molecule has 0 aliphatic heterocycles. The monoisotopic (exact) mass is 449 g/mol. The number of methoxy groups -OCH3 is 1. The zero-order valence-electron chi connectivity index (χ0n) is 14.6. The number of benzene rings is 1. The van der Waals surface area contributed by atoms with E-state index >= 15 is 0 Å². The number of nitrogens with two attached hydrogens (primary N) is 1. The number of rotatable bonds is 6. The fourth-order valence-electron chi connectivity index (χ4n) is 3.40. The standard InChI is InChI=1S/C18H28FN3O.HI/c1-14(12-23-2)22-17(20)21-13-18(10-4-3-5-11-18)15-6-8-16(19)9-7-15;/h6-9,14H,3-5,10-13H2,1-2H3,(H3,20,21,22);1H. The second kappa shape index (κ2) is 10.2. The summed E-state index contributed by atoms with van der Waals surface area (Å²) in [7, 11) is 1.66. The van der Waals surface area contributed by atoms with Gasteiger partial charge in [-0.15, -0.1) is 24.0 Å². The van der Waals surface area contributed by atoms with Gasteiger partial charge in [0.25, 0.3) is 0 Å². The average Bonchev–Trinajstić information content (AvgIpc) is 2.55. The van der Waals surface area contributed by atoms with Crippen molar-refractivity contribution in [3.8, 4) is 0 Å². The van der Waals surface area contributed by atoms with Gasteiger partial charge in [0, 0.05) is 18.6 Å². The van der Waals surface area contributed by atoms with E-state index in [-0.39, 0.29) is 41.3 Å². The molecule has 1 aromatic rings. The predicted octanol–water partition coefficient (Wildman–Crippen LogP) is 3.58. The minimum atomic E-state index is -0.196. The molecule has 0 bridgehead atoms. The first-order valence-corrected chi connectivity index (χ1v) is 8.37. The topological polar surface area (TPSA) is 59.6 Å². The normalized spacial score (nSPS) is 18.5. The predicted molar refractivity (Wildman–Crippen MR) is 108 cm³/mol. The van der Waals surface area contributed by atoms with E-state index in [1.807, 2.05) is 19.1 Å². The van der Waals surface area contributed by atoms with Crippen molar-refractivity contribution in [2.24, 2.45) is 10.7 Å². The van der Waals surface area contributed by atoms with E-state index in [4.69, 9.17) is 10.5 Å². The second-order valence-electron chi connectivity index (χ2n) is 6.55. The minimum Gasteiger partial charge on any atom is -0.383 e. The van der Waals surface area contributed by atoms with Crippen LogP contribution in [0.15, 0.2) is 29.3 Å². The summed E-state index contributed by atoms with van der Waals surface area (Å²) in [6.45, 7) is 3.22. The largest absolute Gasteiger partial charge is 0.383 e. The Labute approximate surface area is 161 Å². The molecule has 0 saturated heterocycles. The molecule has 1 aliphatic rings. The molecule has 1 atom stereocenters. The number of halogens is 2. The van der Waals surface area contributed by atoms with E-state index in [1.165, 1.54) is 37.0 Å². The van der Waals surface area contributed by atoms with Crippen molar-refractivity contribution in [2.75, 3.05) is 20.3 Å². The first kappa shape index (κ1) is 21.2. The van der Waals surface area contributed by atoms with Crippen LogP contribution in [0, 0.1) is 5.82 Å². The molecular weight excluding hydrogens is 420 g/mol. The van der Waals surface area contributed by atoms with Gasteiger partial charge >= 0.3 is 0 Å². The number of hydrogen-bond donors (Lipinski definition) is 2. The van der Waals surface area contributed by atoms with E-state index in [9.17, 15) is 4.39 Å². The van der Waals surface area contributed by atoms with E-state index < -0.39 is 0 Å². The zero-order chi connectivity index (χ0) is 16.7. The summed E-state index contributed by atoms with van der Waals surface area (Å²) in [5.41, 5.74) is 7.15. The Morgan fingerprint density at radius 1 is 1.29 bits per heavy atom. The molecule has 0 heterocycles. The molecule has 1 unspecified atom stereocenters. The molecule has 136 valence electrons. The van der Waals surface area contributed by atoms with Crippen LogP contribution in [-0.2, 0) is 10.2 Å². The van der Waals surface area contributed by atoms with Gasteiger partial charge in [-0.2, -0.15) is 0 Å². The fourth-order valence-corrected chi connectivity index (χ4v) is 3.40. The van der Waals surface area contributed by atoms with Crippen molar-refractivity contribution in [2.45, 2.75) is 50.5 Å². The molecular formula is C18H29FIN3O. The van der Waals surface area contributed by atoms with Gasteiger partial charge in [0.15, 0.2) is 5.96 Å².